The van der Waals surface area contributed by atoms with Gasteiger partial charge in [0.2, 0.25) is 0 Å². The molecule has 0 aliphatic heterocycles. The molecule has 0 N–H and O–H groups in total. The second-order valence-electron chi connectivity index (χ2n) is 4.18. The first-order valence-electron chi connectivity index (χ1n) is 5.83. The van der Waals surface area contributed by atoms with Gasteiger partial charge in [0.25, 0.3) is 0 Å². The highest BCUT2D eigenvalue weighted by Gasteiger charge is 2.30. The van der Waals surface area contributed by atoms with Gasteiger partial charge in [-0.3, -0.25) is 4.79 Å². The zero-order valence-electron chi connectivity index (χ0n) is 10.4. The lowest BCUT2D eigenvalue weighted by Gasteiger charge is -2.08. The lowest BCUT2D eigenvalue weighted by atomic mass is 10.1. The Balaban J connectivity index is 2.09. The summed E-state index contributed by atoms with van der Waals surface area (Å²) in [5.74, 6) is 0.423. The molecule has 5 heteroatoms. The first-order chi connectivity index (χ1) is 9.49. The van der Waals surface area contributed by atoms with E-state index in [0.29, 0.717) is 16.9 Å². The Hall–Kier alpha value is -1.75. The smallest absolute Gasteiger partial charge is 0.298 e. The third-order valence-electron chi connectivity index (χ3n) is 2.65. The second-order valence-corrected chi connectivity index (χ2v) is 5.23. The number of benzene rings is 2. The first kappa shape index (κ1) is 14.7. The molecular weight excluding hydrogens is 285 g/mol. The third-order valence-corrected chi connectivity index (χ3v) is 3.72. The van der Waals surface area contributed by atoms with E-state index in [-0.39, 0.29) is 0 Å². The Labute approximate surface area is 118 Å². The third kappa shape index (κ3) is 3.87. The van der Waals surface area contributed by atoms with Gasteiger partial charge in [-0.15, -0.1) is 11.8 Å². The van der Waals surface area contributed by atoms with Crippen molar-refractivity contribution in [2.75, 3.05) is 0 Å². The maximum atomic E-state index is 12.6. The van der Waals surface area contributed by atoms with E-state index >= 15 is 0 Å². The number of carbonyl (C=O) groups excluding carboxylic acids is 1. The average molecular weight is 296 g/mol. The SMILES string of the molecule is O=Cc1cccc(SCc2cccc(C(F)(F)F)c2)c1. The van der Waals surface area contributed by atoms with Gasteiger partial charge >= 0.3 is 6.18 Å². The Bertz CT molecular complexity index is 608. The standard InChI is InChI=1S/C15H11F3OS/c16-15(17,18)13-5-1-4-12(7-13)10-20-14-6-2-3-11(8-14)9-19/h1-9H,10H2. The fraction of sp³-hybridized carbons (Fsp3) is 0.133. The molecular formula is C15H11F3OS. The minimum Gasteiger partial charge on any atom is -0.298 e. The van der Waals surface area contributed by atoms with Crippen LogP contribution < -0.4 is 0 Å². The predicted octanol–water partition coefficient (Wildman–Crippen LogP) is 4.81. The fourth-order valence-corrected chi connectivity index (χ4v) is 2.59. The van der Waals surface area contributed by atoms with E-state index in [0.717, 1.165) is 23.3 Å². The van der Waals surface area contributed by atoms with Crippen LogP contribution in [0, 0.1) is 0 Å². The van der Waals surface area contributed by atoms with Crippen LogP contribution in [-0.2, 0) is 11.9 Å². The Morgan fingerprint density at radius 3 is 2.50 bits per heavy atom. The van der Waals surface area contributed by atoms with Crippen molar-refractivity contribution in [1.29, 1.82) is 0 Å². The van der Waals surface area contributed by atoms with Crippen LogP contribution in [0.4, 0.5) is 13.2 Å². The van der Waals surface area contributed by atoms with Gasteiger partial charge in [0.15, 0.2) is 0 Å². The molecule has 0 unspecified atom stereocenters. The van der Waals surface area contributed by atoms with Gasteiger partial charge in [0.1, 0.15) is 6.29 Å². The van der Waals surface area contributed by atoms with E-state index in [2.05, 4.69) is 0 Å². The summed E-state index contributed by atoms with van der Waals surface area (Å²) in [5.41, 5.74) is 0.512. The minimum absolute atomic E-state index is 0.423. The molecule has 0 radical (unpaired) electrons. The molecule has 2 rings (SSSR count). The van der Waals surface area contributed by atoms with Gasteiger partial charge in [-0.1, -0.05) is 30.3 Å². The number of thioether (sulfide) groups is 1. The molecule has 104 valence electrons. The zero-order valence-corrected chi connectivity index (χ0v) is 11.2. The molecule has 2 aromatic carbocycles. The normalized spacial score (nSPS) is 11.3. The van der Waals surface area contributed by atoms with Crippen molar-refractivity contribution in [3.8, 4) is 0 Å². The van der Waals surface area contributed by atoms with Crippen LogP contribution in [0.25, 0.3) is 0 Å². The maximum Gasteiger partial charge on any atom is 0.416 e. The fourth-order valence-electron chi connectivity index (χ4n) is 1.68. The highest BCUT2D eigenvalue weighted by atomic mass is 32.2. The highest BCUT2D eigenvalue weighted by Crippen LogP contribution is 2.31. The molecule has 0 heterocycles. The first-order valence-corrected chi connectivity index (χ1v) is 6.82. The summed E-state index contributed by atoms with van der Waals surface area (Å²) >= 11 is 1.40. The van der Waals surface area contributed by atoms with E-state index in [4.69, 9.17) is 0 Å². The Morgan fingerprint density at radius 2 is 1.80 bits per heavy atom. The van der Waals surface area contributed by atoms with Crippen molar-refractivity contribution < 1.29 is 18.0 Å². The van der Waals surface area contributed by atoms with Crippen LogP contribution in [0.3, 0.4) is 0 Å². The maximum absolute atomic E-state index is 12.6. The van der Waals surface area contributed by atoms with Gasteiger partial charge in [0.05, 0.1) is 5.56 Å². The molecule has 0 bridgehead atoms. The van der Waals surface area contributed by atoms with E-state index in [1.807, 2.05) is 6.07 Å². The molecule has 0 aliphatic carbocycles. The summed E-state index contributed by atoms with van der Waals surface area (Å²) in [7, 11) is 0. The largest absolute Gasteiger partial charge is 0.416 e. The lowest BCUT2D eigenvalue weighted by Crippen LogP contribution is -2.04. The van der Waals surface area contributed by atoms with Crippen molar-refractivity contribution >= 4 is 18.0 Å². The van der Waals surface area contributed by atoms with Crippen molar-refractivity contribution in [3.05, 3.63) is 65.2 Å². The lowest BCUT2D eigenvalue weighted by molar-refractivity contribution is -0.137. The number of rotatable bonds is 4. The molecule has 0 aliphatic rings. The van der Waals surface area contributed by atoms with Crippen LogP contribution in [0.2, 0.25) is 0 Å². The molecule has 20 heavy (non-hydrogen) atoms. The predicted molar refractivity (Wildman–Crippen MR) is 72.8 cm³/mol. The number of carbonyl (C=O) groups is 1. The van der Waals surface area contributed by atoms with Crippen LogP contribution in [0.5, 0.6) is 0 Å². The quantitative estimate of drug-likeness (QED) is 0.595. The molecule has 0 spiro atoms. The van der Waals surface area contributed by atoms with Gasteiger partial charge in [-0.2, -0.15) is 13.2 Å². The number of aldehydes is 1. The van der Waals surface area contributed by atoms with Crippen LogP contribution in [0.15, 0.2) is 53.4 Å². The van der Waals surface area contributed by atoms with Gasteiger partial charge in [0, 0.05) is 16.2 Å². The van der Waals surface area contributed by atoms with Crippen molar-refractivity contribution in [2.24, 2.45) is 0 Å². The number of hydrogen-bond acceptors (Lipinski definition) is 2. The molecule has 0 fully saturated rings. The highest BCUT2D eigenvalue weighted by molar-refractivity contribution is 7.98. The van der Waals surface area contributed by atoms with E-state index in [9.17, 15) is 18.0 Å². The zero-order chi connectivity index (χ0) is 14.6. The van der Waals surface area contributed by atoms with Crippen molar-refractivity contribution in [3.63, 3.8) is 0 Å². The summed E-state index contributed by atoms with van der Waals surface area (Å²) in [6.07, 6.45) is -3.58. The van der Waals surface area contributed by atoms with E-state index in [1.165, 1.54) is 17.8 Å². The summed E-state index contributed by atoms with van der Waals surface area (Å²) < 4.78 is 37.8. The van der Waals surface area contributed by atoms with Gasteiger partial charge in [-0.25, -0.2) is 0 Å². The van der Waals surface area contributed by atoms with Crippen molar-refractivity contribution in [1.82, 2.24) is 0 Å². The van der Waals surface area contributed by atoms with Gasteiger partial charge < -0.3 is 0 Å². The number of hydrogen-bond donors (Lipinski definition) is 0. The molecule has 0 saturated carbocycles. The topological polar surface area (TPSA) is 17.1 Å². The molecule has 0 amide bonds. The monoisotopic (exact) mass is 296 g/mol. The molecule has 1 nitrogen and oxygen atoms in total. The minimum atomic E-state index is -4.32. The summed E-state index contributed by atoms with van der Waals surface area (Å²) in [6.45, 7) is 0. The Morgan fingerprint density at radius 1 is 1.05 bits per heavy atom. The van der Waals surface area contributed by atoms with Crippen molar-refractivity contribution in [2.45, 2.75) is 16.8 Å². The summed E-state index contributed by atoms with van der Waals surface area (Å²) in [4.78, 5) is 11.5. The van der Waals surface area contributed by atoms with Crippen LogP contribution >= 0.6 is 11.8 Å². The molecule has 0 saturated heterocycles. The van der Waals surface area contributed by atoms with E-state index in [1.54, 1.807) is 24.3 Å². The second kappa shape index (κ2) is 6.13. The number of alkyl halides is 3. The van der Waals surface area contributed by atoms with E-state index < -0.39 is 11.7 Å². The van der Waals surface area contributed by atoms with Gasteiger partial charge in [-0.05, 0) is 23.8 Å². The van der Waals surface area contributed by atoms with Crippen LogP contribution in [0.1, 0.15) is 21.5 Å². The number of halogens is 3. The van der Waals surface area contributed by atoms with Crippen LogP contribution in [-0.4, -0.2) is 6.29 Å². The Kier molecular flexibility index (Phi) is 4.49. The molecule has 0 atom stereocenters. The molecule has 0 aromatic heterocycles. The molecule has 2 aromatic rings. The average Bonchev–Trinajstić information content (AvgIpc) is 2.45. The summed E-state index contributed by atoms with van der Waals surface area (Å²) in [5, 5.41) is 0. The summed E-state index contributed by atoms with van der Waals surface area (Å²) in [6, 6.07) is 12.2.